The second-order valence-corrected chi connectivity index (χ2v) is 13.6. The molecule has 0 aliphatic carbocycles. The second-order valence-electron chi connectivity index (χ2n) is 10.8. The molecule has 0 aliphatic heterocycles. The number of fused-ring (bicyclic) bond motifs is 1. The Morgan fingerprint density at radius 3 is 2.42 bits per heavy atom. The maximum atomic E-state index is 13.7. The first kappa shape index (κ1) is 36.1. The van der Waals surface area contributed by atoms with Crippen molar-refractivity contribution in [1.82, 2.24) is 25.3 Å². The number of nitrogens with zero attached hydrogens (tertiary/aromatic N) is 4. The normalized spacial score (nSPS) is 13.1. The summed E-state index contributed by atoms with van der Waals surface area (Å²) in [6.45, 7) is -0.965. The highest BCUT2D eigenvalue weighted by Gasteiger charge is 2.32. The Kier molecular flexibility index (Phi) is 11.0. The maximum absolute atomic E-state index is 13.7. The van der Waals surface area contributed by atoms with E-state index in [9.17, 15) is 40.7 Å². The third kappa shape index (κ3) is 9.30. The van der Waals surface area contributed by atoms with Gasteiger partial charge in [-0.2, -0.15) is 13.2 Å². The molecule has 0 saturated heterocycles. The maximum Gasteiger partial charge on any atom is 0.416 e. The highest BCUT2D eigenvalue weighted by molar-refractivity contribution is 7.91. The SMILES string of the molecule is NS(=O)(=O)c1nc2ccc(OCc3cn([C@@H](Cc4ccc(OCCF)cc4)C(=O)N[C@@H](Cc4cccc(C(F)(F)F)c4)C(=O)O)nn3)cc2s1. The number of nitrogens with two attached hydrogens (primary N) is 1. The van der Waals surface area contributed by atoms with E-state index in [0.717, 1.165) is 29.5 Å². The Labute approximate surface area is 285 Å². The lowest BCUT2D eigenvalue weighted by Crippen LogP contribution is -2.46. The number of hydrogen-bond donors (Lipinski definition) is 3. The summed E-state index contributed by atoms with van der Waals surface area (Å²) in [4.78, 5) is 29.8. The fourth-order valence-corrected chi connectivity index (χ4v) is 6.46. The van der Waals surface area contributed by atoms with E-state index in [1.165, 1.54) is 16.9 Å². The van der Waals surface area contributed by atoms with E-state index in [2.05, 4.69) is 20.6 Å². The van der Waals surface area contributed by atoms with Crippen molar-refractivity contribution in [2.24, 2.45) is 5.14 Å². The predicted molar refractivity (Wildman–Crippen MR) is 171 cm³/mol. The Morgan fingerprint density at radius 2 is 1.74 bits per heavy atom. The summed E-state index contributed by atoms with van der Waals surface area (Å²) >= 11 is 0.869. The number of halogens is 4. The van der Waals surface area contributed by atoms with Gasteiger partial charge in [-0.1, -0.05) is 35.5 Å². The van der Waals surface area contributed by atoms with Crippen molar-refractivity contribution in [3.8, 4) is 11.5 Å². The molecule has 19 heteroatoms. The molecule has 2 atom stereocenters. The molecule has 0 spiro atoms. The van der Waals surface area contributed by atoms with Crippen molar-refractivity contribution in [3.05, 3.63) is 95.3 Å². The first-order chi connectivity index (χ1) is 23.7. The van der Waals surface area contributed by atoms with Gasteiger partial charge in [-0.25, -0.2) is 32.4 Å². The monoisotopic (exact) mass is 736 g/mol. The number of carbonyl (C=O) groups excluding carboxylic acids is 1. The van der Waals surface area contributed by atoms with Gasteiger partial charge >= 0.3 is 12.1 Å². The third-order valence-electron chi connectivity index (χ3n) is 7.16. The van der Waals surface area contributed by atoms with Crippen molar-refractivity contribution in [2.75, 3.05) is 13.3 Å². The van der Waals surface area contributed by atoms with Crippen LogP contribution in [0, 0.1) is 0 Å². The predicted octanol–water partition coefficient (Wildman–Crippen LogP) is 4.08. The van der Waals surface area contributed by atoms with E-state index in [1.54, 1.807) is 42.5 Å². The minimum Gasteiger partial charge on any atom is -0.491 e. The van der Waals surface area contributed by atoms with Crippen LogP contribution in [0.5, 0.6) is 11.5 Å². The molecule has 50 heavy (non-hydrogen) atoms. The number of carboxylic acid groups (broad SMARTS) is 1. The number of aliphatic carboxylic acids is 1. The number of ether oxygens (including phenoxy) is 2. The molecule has 0 unspecified atom stereocenters. The molecule has 4 N–H and O–H groups in total. The van der Waals surface area contributed by atoms with E-state index in [-0.39, 0.29) is 35.2 Å². The van der Waals surface area contributed by atoms with Crippen LogP contribution in [0.2, 0.25) is 0 Å². The Bertz CT molecular complexity index is 2090. The number of sulfonamides is 1. The highest BCUT2D eigenvalue weighted by Crippen LogP contribution is 2.30. The summed E-state index contributed by atoms with van der Waals surface area (Å²) < 4.78 is 88.1. The zero-order valence-corrected chi connectivity index (χ0v) is 27.3. The van der Waals surface area contributed by atoms with E-state index in [4.69, 9.17) is 14.6 Å². The molecule has 3 aromatic carbocycles. The summed E-state index contributed by atoms with van der Waals surface area (Å²) in [5, 5.41) is 25.6. The topological polar surface area (TPSA) is 189 Å². The summed E-state index contributed by atoms with van der Waals surface area (Å²) in [7, 11) is -3.99. The average Bonchev–Trinajstić information content (AvgIpc) is 3.72. The van der Waals surface area contributed by atoms with Crippen LogP contribution in [-0.4, -0.2) is 64.7 Å². The molecule has 2 aromatic heterocycles. The van der Waals surface area contributed by atoms with Crippen molar-refractivity contribution in [3.63, 3.8) is 0 Å². The van der Waals surface area contributed by atoms with E-state index >= 15 is 0 Å². The van der Waals surface area contributed by atoms with Gasteiger partial charge in [0.15, 0.2) is 0 Å². The molecular weight excluding hydrogens is 709 g/mol. The Balaban J connectivity index is 1.35. The molecule has 5 rings (SSSR count). The third-order valence-corrected chi connectivity index (χ3v) is 9.49. The number of aromatic nitrogens is 4. The van der Waals surface area contributed by atoms with E-state index in [0.29, 0.717) is 27.3 Å². The number of rotatable bonds is 15. The van der Waals surface area contributed by atoms with Crippen molar-refractivity contribution < 1.29 is 50.1 Å². The standard InChI is InChI=1S/C31H28F4N6O7S2/c32-10-11-47-22-6-4-18(5-7-22)14-26(28(42)37-25(29(43)44)13-19-2-1-3-20(12-19)31(33,34)35)41-16-21(39-40-41)17-48-23-8-9-24-27(15-23)49-30(38-24)50(36,45)46/h1-9,12,15-16,25-26H,10-11,13-14,17H2,(H,37,42)(H,43,44)(H2,36,45,46)/t25-,26-/m0/s1. The van der Waals surface area contributed by atoms with Crippen LogP contribution >= 0.6 is 11.3 Å². The zero-order valence-electron chi connectivity index (χ0n) is 25.7. The number of thiazole rings is 1. The largest absolute Gasteiger partial charge is 0.491 e. The molecule has 264 valence electrons. The molecule has 0 saturated carbocycles. The van der Waals surface area contributed by atoms with Gasteiger partial charge in [-0.05, 0) is 47.5 Å². The van der Waals surface area contributed by atoms with Crippen LogP contribution in [0.15, 0.2) is 77.3 Å². The van der Waals surface area contributed by atoms with E-state index < -0.39 is 58.8 Å². The summed E-state index contributed by atoms with van der Waals surface area (Å²) in [5.74, 6) is -1.54. The van der Waals surface area contributed by atoms with Crippen LogP contribution in [0.4, 0.5) is 17.6 Å². The van der Waals surface area contributed by atoms with Crippen LogP contribution < -0.4 is 19.9 Å². The zero-order chi connectivity index (χ0) is 36.1. The van der Waals surface area contributed by atoms with Gasteiger partial charge in [0.05, 0.1) is 22.0 Å². The first-order valence-corrected chi connectivity index (χ1v) is 17.0. The van der Waals surface area contributed by atoms with Crippen molar-refractivity contribution in [2.45, 2.75) is 42.0 Å². The lowest BCUT2D eigenvalue weighted by atomic mass is 10.0. The molecule has 0 aliphatic rings. The van der Waals surface area contributed by atoms with Crippen LogP contribution in [-0.2, 0) is 45.2 Å². The number of benzene rings is 3. The van der Waals surface area contributed by atoms with Crippen LogP contribution in [0.25, 0.3) is 10.2 Å². The lowest BCUT2D eigenvalue weighted by molar-refractivity contribution is -0.142. The molecule has 1 amide bonds. The molecule has 0 fully saturated rings. The summed E-state index contributed by atoms with van der Waals surface area (Å²) in [5.41, 5.74) is 0.352. The van der Waals surface area contributed by atoms with Gasteiger partial charge < -0.3 is 19.9 Å². The second kappa shape index (κ2) is 15.2. The van der Waals surface area contributed by atoms with Gasteiger partial charge in [0.25, 0.3) is 10.0 Å². The minimum absolute atomic E-state index is 0.0246. The fraction of sp³-hybridized carbons (Fsp3) is 0.258. The number of carbonyl (C=O) groups is 2. The number of hydrogen-bond acceptors (Lipinski definition) is 10. The molecule has 13 nitrogen and oxygen atoms in total. The fourth-order valence-electron chi connectivity index (χ4n) is 4.77. The minimum atomic E-state index is -4.64. The molecule has 0 bridgehead atoms. The van der Waals surface area contributed by atoms with Crippen LogP contribution in [0.1, 0.15) is 28.4 Å². The quantitative estimate of drug-likeness (QED) is 0.132. The number of primary sulfonamides is 1. The van der Waals surface area contributed by atoms with Crippen molar-refractivity contribution in [1.29, 1.82) is 0 Å². The number of carboxylic acids is 1. The van der Waals surface area contributed by atoms with Gasteiger partial charge in [0, 0.05) is 12.8 Å². The molecule has 2 heterocycles. The Hall–Kier alpha value is -5.14. The van der Waals surface area contributed by atoms with Gasteiger partial charge in [0.1, 0.15) is 49.2 Å². The smallest absolute Gasteiger partial charge is 0.416 e. The number of nitrogens with one attached hydrogen (secondary N) is 1. The highest BCUT2D eigenvalue weighted by atomic mass is 32.2. The van der Waals surface area contributed by atoms with E-state index in [1.807, 2.05) is 0 Å². The molecule has 0 radical (unpaired) electrons. The van der Waals surface area contributed by atoms with Gasteiger partial charge in [0.2, 0.25) is 10.2 Å². The average molecular weight is 737 g/mol. The number of amides is 1. The van der Waals surface area contributed by atoms with Crippen LogP contribution in [0.3, 0.4) is 0 Å². The lowest BCUT2D eigenvalue weighted by Gasteiger charge is -2.21. The summed E-state index contributed by atoms with van der Waals surface area (Å²) in [6, 6.07) is 12.5. The Morgan fingerprint density at radius 1 is 1.00 bits per heavy atom. The van der Waals surface area contributed by atoms with Crippen molar-refractivity contribution >= 4 is 43.5 Å². The van der Waals surface area contributed by atoms with Gasteiger partial charge in [-0.15, -0.1) is 16.4 Å². The van der Waals surface area contributed by atoms with Gasteiger partial charge in [-0.3, -0.25) is 4.79 Å². The number of alkyl halides is 4. The molecular formula is C31H28F4N6O7S2. The summed E-state index contributed by atoms with van der Waals surface area (Å²) in [6.07, 6.45) is -3.69. The molecule has 5 aromatic rings. The first-order valence-electron chi connectivity index (χ1n) is 14.6.